The third kappa shape index (κ3) is 6.22. The van der Waals surface area contributed by atoms with Crippen molar-refractivity contribution in [3.8, 4) is 5.75 Å². The van der Waals surface area contributed by atoms with Crippen LogP contribution >= 0.6 is 0 Å². The first-order valence-corrected chi connectivity index (χ1v) is 9.35. The predicted octanol–water partition coefficient (Wildman–Crippen LogP) is 3.95. The maximum atomic E-state index is 12.4. The fourth-order valence-corrected chi connectivity index (χ4v) is 2.87. The minimum atomic E-state index is -0.933. The van der Waals surface area contributed by atoms with Gasteiger partial charge in [0.2, 0.25) is 0 Å². The molecule has 0 radical (unpaired) electrons. The highest BCUT2D eigenvalue weighted by atomic mass is 16.5. The van der Waals surface area contributed by atoms with Crippen LogP contribution in [0.25, 0.3) is 0 Å². The Morgan fingerprint density at radius 3 is 2.20 bits per heavy atom. The molecule has 2 rings (SSSR count). The van der Waals surface area contributed by atoms with Gasteiger partial charge in [0.05, 0.1) is 20.1 Å². The molecule has 7 nitrogen and oxygen atoms in total. The monoisotopic (exact) mass is 409 g/mol. The number of anilines is 1. The Bertz CT molecular complexity index is 947. The number of carbonyl (C=O) groups excluding carboxylic acids is 1. The van der Waals surface area contributed by atoms with E-state index in [0.717, 1.165) is 5.56 Å². The number of carboxylic acid groups (broad SMARTS) is 1. The van der Waals surface area contributed by atoms with E-state index in [-0.39, 0.29) is 12.3 Å². The summed E-state index contributed by atoms with van der Waals surface area (Å²) in [4.78, 5) is 23.4. The molecule has 0 aromatic heterocycles. The van der Waals surface area contributed by atoms with E-state index in [1.165, 1.54) is 5.01 Å². The van der Waals surface area contributed by atoms with Crippen LogP contribution in [0.5, 0.6) is 5.75 Å². The third-order valence-corrected chi connectivity index (χ3v) is 4.63. The molecule has 2 aromatic rings. The summed E-state index contributed by atoms with van der Waals surface area (Å²) in [5.74, 6) is 5.68. The lowest BCUT2D eigenvalue weighted by atomic mass is 10.0. The van der Waals surface area contributed by atoms with Crippen molar-refractivity contribution in [3.63, 3.8) is 0 Å². The van der Waals surface area contributed by atoms with Crippen LogP contribution < -0.4 is 15.9 Å². The van der Waals surface area contributed by atoms with Gasteiger partial charge in [0.15, 0.2) is 0 Å². The van der Waals surface area contributed by atoms with E-state index in [9.17, 15) is 9.59 Å². The van der Waals surface area contributed by atoms with Crippen LogP contribution in [0.1, 0.15) is 36.2 Å². The molecule has 30 heavy (non-hydrogen) atoms. The quantitative estimate of drug-likeness (QED) is 0.329. The number of hydrazine groups is 1. The number of allylic oxidation sites excluding steroid dienone is 2. The van der Waals surface area contributed by atoms with Gasteiger partial charge < -0.3 is 20.2 Å². The van der Waals surface area contributed by atoms with Crippen molar-refractivity contribution in [3.05, 3.63) is 83.1 Å². The van der Waals surface area contributed by atoms with Crippen molar-refractivity contribution >= 4 is 17.6 Å². The summed E-state index contributed by atoms with van der Waals surface area (Å²) in [5.41, 5.74) is 4.02. The highest BCUT2D eigenvalue weighted by Gasteiger charge is 2.13. The van der Waals surface area contributed by atoms with E-state index in [2.05, 4.69) is 11.9 Å². The van der Waals surface area contributed by atoms with Crippen LogP contribution in [0, 0.1) is 0 Å². The Hall–Kier alpha value is -3.58. The summed E-state index contributed by atoms with van der Waals surface area (Å²) in [7, 11) is 1.57. The van der Waals surface area contributed by atoms with Gasteiger partial charge in [-0.1, -0.05) is 24.3 Å². The van der Waals surface area contributed by atoms with Crippen molar-refractivity contribution in [1.82, 2.24) is 5.01 Å². The summed E-state index contributed by atoms with van der Waals surface area (Å²) >= 11 is 0. The summed E-state index contributed by atoms with van der Waals surface area (Å²) in [6.45, 7) is 7.76. The molecule has 0 atom stereocenters. The lowest BCUT2D eigenvalue weighted by molar-refractivity contribution is -0.136. The van der Waals surface area contributed by atoms with Gasteiger partial charge in [0.25, 0.3) is 5.91 Å². The average Bonchev–Trinajstić information content (AvgIpc) is 2.72. The number of carbonyl (C=O) groups is 2. The Balaban J connectivity index is 2.05. The second kappa shape index (κ2) is 10.3. The molecular formula is C23H27N3O4. The van der Waals surface area contributed by atoms with E-state index in [0.29, 0.717) is 40.4 Å². The zero-order chi connectivity index (χ0) is 22.3. The minimum absolute atomic E-state index is 0.134. The molecule has 158 valence electrons. The maximum Gasteiger partial charge on any atom is 0.307 e. The van der Waals surface area contributed by atoms with Crippen molar-refractivity contribution in [2.75, 3.05) is 12.4 Å². The molecule has 0 unspecified atom stereocenters. The zero-order valence-corrected chi connectivity index (χ0v) is 17.4. The number of hydrogen-bond donors (Lipinski definition) is 3. The first kappa shape index (κ1) is 22.7. The zero-order valence-electron chi connectivity index (χ0n) is 17.4. The molecule has 0 saturated carbocycles. The first-order chi connectivity index (χ1) is 14.2. The highest BCUT2D eigenvalue weighted by Crippen LogP contribution is 2.21. The summed E-state index contributed by atoms with van der Waals surface area (Å²) in [5, 5.41) is 13.4. The van der Waals surface area contributed by atoms with Crippen LogP contribution in [0.4, 0.5) is 5.69 Å². The molecule has 7 heteroatoms. The number of nitrogens with two attached hydrogens (primary N) is 1. The highest BCUT2D eigenvalue weighted by molar-refractivity contribution is 6.04. The topological polar surface area (TPSA) is 105 Å². The van der Waals surface area contributed by atoms with Crippen molar-refractivity contribution in [2.45, 2.75) is 26.8 Å². The number of nitrogens with one attached hydrogen (secondary N) is 1. The lowest BCUT2D eigenvalue weighted by Crippen LogP contribution is -2.30. The van der Waals surface area contributed by atoms with E-state index < -0.39 is 5.97 Å². The second-order valence-corrected chi connectivity index (χ2v) is 6.92. The summed E-state index contributed by atoms with van der Waals surface area (Å²) in [6.07, 6.45) is -0.134. The van der Waals surface area contributed by atoms with E-state index in [4.69, 9.17) is 15.7 Å². The van der Waals surface area contributed by atoms with Gasteiger partial charge in [-0.05, 0) is 61.4 Å². The third-order valence-electron chi connectivity index (χ3n) is 4.63. The molecule has 4 N–H and O–H groups in total. The van der Waals surface area contributed by atoms with E-state index >= 15 is 0 Å². The molecule has 0 saturated heterocycles. The van der Waals surface area contributed by atoms with Crippen molar-refractivity contribution in [1.29, 1.82) is 0 Å². The molecule has 0 heterocycles. The number of aliphatic carboxylic acids is 1. The van der Waals surface area contributed by atoms with Crippen LogP contribution in [-0.4, -0.2) is 29.1 Å². The molecule has 0 spiro atoms. The number of nitrogens with zero attached hydrogens (tertiary/aromatic N) is 1. The summed E-state index contributed by atoms with van der Waals surface area (Å²) in [6, 6.07) is 14.1. The molecule has 0 aliphatic heterocycles. The number of methoxy groups -OCH3 is 1. The molecule has 0 aliphatic rings. The fourth-order valence-electron chi connectivity index (χ4n) is 2.87. The van der Waals surface area contributed by atoms with E-state index in [1.807, 2.05) is 12.1 Å². The Morgan fingerprint density at radius 1 is 1.10 bits per heavy atom. The molecule has 0 fully saturated rings. The van der Waals surface area contributed by atoms with Gasteiger partial charge in [-0.15, -0.1) is 0 Å². The Kier molecular flexibility index (Phi) is 7.77. The van der Waals surface area contributed by atoms with Crippen LogP contribution in [0.3, 0.4) is 0 Å². The summed E-state index contributed by atoms with van der Waals surface area (Å²) < 4.78 is 5.09. The average molecular weight is 409 g/mol. The van der Waals surface area contributed by atoms with Crippen molar-refractivity contribution in [2.24, 2.45) is 5.84 Å². The maximum absolute atomic E-state index is 12.4. The normalized spacial score (nSPS) is 11.3. The first-order valence-electron chi connectivity index (χ1n) is 9.35. The van der Waals surface area contributed by atoms with Crippen molar-refractivity contribution < 1.29 is 19.4 Å². The van der Waals surface area contributed by atoms with Gasteiger partial charge >= 0.3 is 5.97 Å². The van der Waals surface area contributed by atoms with Gasteiger partial charge in [0, 0.05) is 16.9 Å². The minimum Gasteiger partial charge on any atom is -0.497 e. The largest absolute Gasteiger partial charge is 0.497 e. The Morgan fingerprint density at radius 2 is 1.70 bits per heavy atom. The number of benzene rings is 2. The van der Waals surface area contributed by atoms with E-state index in [1.54, 1.807) is 57.4 Å². The molecular weight excluding hydrogens is 382 g/mol. The predicted molar refractivity (Wildman–Crippen MR) is 117 cm³/mol. The standard InChI is InChI=1S/C23H27N3O4/c1-15(2)21(13-22(27)28)16(3)26(24)14-17-5-9-19(10-6-17)25-23(29)18-7-11-20(30-4)12-8-18/h5-12H,1,13-14,24H2,2-4H3,(H,25,29)(H,27,28)/b21-16-. The lowest BCUT2D eigenvalue weighted by Gasteiger charge is -2.23. The fraction of sp³-hybridized carbons (Fsp3) is 0.217. The van der Waals surface area contributed by atoms with Gasteiger partial charge in [-0.3, -0.25) is 9.59 Å². The van der Waals surface area contributed by atoms with Crippen LogP contribution in [0.15, 0.2) is 72.0 Å². The van der Waals surface area contributed by atoms with Gasteiger partial charge in [-0.25, -0.2) is 5.84 Å². The number of amides is 1. The molecule has 0 bridgehead atoms. The SMILES string of the molecule is C=C(C)/C(CC(=O)O)=C(/C)N(N)Cc1ccc(NC(=O)c2ccc(OC)cc2)cc1. The molecule has 1 amide bonds. The van der Waals surface area contributed by atoms with Crippen LogP contribution in [-0.2, 0) is 11.3 Å². The number of hydrogen-bond acceptors (Lipinski definition) is 5. The second-order valence-electron chi connectivity index (χ2n) is 6.92. The van der Waals surface area contributed by atoms with Crippen LogP contribution in [0.2, 0.25) is 0 Å². The number of ether oxygens (including phenoxy) is 1. The number of rotatable bonds is 9. The van der Waals surface area contributed by atoms with Gasteiger partial charge in [-0.2, -0.15) is 0 Å². The Labute approximate surface area is 176 Å². The smallest absolute Gasteiger partial charge is 0.307 e. The molecule has 0 aliphatic carbocycles. The van der Waals surface area contributed by atoms with Gasteiger partial charge in [0.1, 0.15) is 5.75 Å². The molecule has 2 aromatic carbocycles. The number of carboxylic acids is 1.